The summed E-state index contributed by atoms with van der Waals surface area (Å²) >= 11 is 0.958. The van der Waals surface area contributed by atoms with Crippen molar-refractivity contribution in [1.29, 1.82) is 0 Å². The largest absolute Gasteiger partial charge is 0.447 e. The molecule has 0 aromatic rings. The highest BCUT2D eigenvalue weighted by molar-refractivity contribution is 7.99. The topological polar surface area (TPSA) is 59.0 Å². The fourth-order valence-corrected chi connectivity index (χ4v) is 2.18. The van der Waals surface area contributed by atoms with Crippen molar-refractivity contribution in [2.45, 2.75) is 38.0 Å². The molecular formula is C9H16N2O3S. The Morgan fingerprint density at radius 3 is 2.87 bits per heavy atom. The Bertz CT molecular complexity index is 258. The zero-order valence-corrected chi connectivity index (χ0v) is 10.0. The third kappa shape index (κ3) is 2.62. The number of carbonyl (C=O) groups is 1. The summed E-state index contributed by atoms with van der Waals surface area (Å²) in [5.41, 5.74) is 0. The number of rotatable bonds is 5. The lowest BCUT2D eigenvalue weighted by molar-refractivity contribution is 0.157. The Morgan fingerprint density at radius 2 is 2.33 bits per heavy atom. The molecule has 1 saturated heterocycles. The second-order valence-corrected chi connectivity index (χ2v) is 5.44. The van der Waals surface area contributed by atoms with Gasteiger partial charge in [-0.3, -0.25) is 0 Å². The average molecular weight is 232 g/mol. The molecule has 86 valence electrons. The molecule has 0 bridgehead atoms. The standard InChI is InChI=1S/C9H16N2O3S/c1-4-5-11-7(6-14-8(11)12)9(2,3)15-10-13/h7H,4-6H2,1-3H3. The normalized spacial score (nSPS) is 21.7. The van der Waals surface area contributed by atoms with Crippen LogP contribution in [0.1, 0.15) is 27.2 Å². The van der Waals surface area contributed by atoms with E-state index in [0.29, 0.717) is 13.2 Å². The summed E-state index contributed by atoms with van der Waals surface area (Å²) < 4.78 is 7.44. The minimum absolute atomic E-state index is 0.0763. The minimum Gasteiger partial charge on any atom is -0.447 e. The summed E-state index contributed by atoms with van der Waals surface area (Å²) in [7, 11) is 0. The molecule has 15 heavy (non-hydrogen) atoms. The Hall–Kier alpha value is -0.780. The van der Waals surface area contributed by atoms with Crippen molar-refractivity contribution >= 4 is 18.0 Å². The molecule has 1 rings (SSSR count). The highest BCUT2D eigenvalue weighted by Crippen LogP contribution is 2.34. The molecule has 1 aliphatic heterocycles. The predicted octanol–water partition coefficient (Wildman–Crippen LogP) is 2.41. The zero-order valence-electron chi connectivity index (χ0n) is 9.23. The third-order valence-corrected chi connectivity index (χ3v) is 3.33. The van der Waals surface area contributed by atoms with E-state index in [2.05, 4.69) is 4.58 Å². The van der Waals surface area contributed by atoms with Gasteiger partial charge in [0, 0.05) is 23.1 Å². The first-order valence-corrected chi connectivity index (χ1v) is 5.74. The zero-order chi connectivity index (χ0) is 11.5. The second kappa shape index (κ2) is 4.83. The Balaban J connectivity index is 2.75. The van der Waals surface area contributed by atoms with Gasteiger partial charge in [-0.1, -0.05) is 6.92 Å². The van der Waals surface area contributed by atoms with Crippen molar-refractivity contribution in [3.05, 3.63) is 4.91 Å². The molecule has 0 aliphatic carbocycles. The van der Waals surface area contributed by atoms with Crippen LogP contribution in [0.3, 0.4) is 0 Å². The first-order valence-electron chi connectivity index (χ1n) is 4.97. The van der Waals surface area contributed by atoms with Gasteiger partial charge in [0.1, 0.15) is 6.61 Å². The van der Waals surface area contributed by atoms with E-state index in [9.17, 15) is 9.70 Å². The van der Waals surface area contributed by atoms with E-state index < -0.39 is 4.75 Å². The number of cyclic esters (lactones) is 1. The number of amides is 1. The summed E-state index contributed by atoms with van der Waals surface area (Å²) in [6.45, 7) is 6.80. The van der Waals surface area contributed by atoms with Gasteiger partial charge in [-0.25, -0.2) is 4.79 Å². The number of nitroso groups, excluding NO2 is 1. The van der Waals surface area contributed by atoms with Gasteiger partial charge in [0.2, 0.25) is 0 Å². The van der Waals surface area contributed by atoms with Crippen LogP contribution in [-0.4, -0.2) is 34.9 Å². The molecule has 0 N–H and O–H groups in total. The van der Waals surface area contributed by atoms with Crippen LogP contribution in [0, 0.1) is 4.91 Å². The lowest BCUT2D eigenvalue weighted by Gasteiger charge is -2.31. The smallest absolute Gasteiger partial charge is 0.410 e. The van der Waals surface area contributed by atoms with E-state index in [4.69, 9.17) is 4.74 Å². The summed E-state index contributed by atoms with van der Waals surface area (Å²) in [5, 5.41) is 0. The van der Waals surface area contributed by atoms with Gasteiger partial charge < -0.3 is 9.64 Å². The molecule has 0 saturated carbocycles. The molecule has 1 aliphatic rings. The van der Waals surface area contributed by atoms with Crippen LogP contribution in [0.15, 0.2) is 4.58 Å². The van der Waals surface area contributed by atoms with E-state index in [1.54, 1.807) is 4.90 Å². The van der Waals surface area contributed by atoms with Gasteiger partial charge in [0.15, 0.2) is 0 Å². The third-order valence-electron chi connectivity index (χ3n) is 2.51. The summed E-state index contributed by atoms with van der Waals surface area (Å²) in [4.78, 5) is 23.4. The molecule has 0 spiro atoms. The molecule has 1 unspecified atom stereocenters. The van der Waals surface area contributed by atoms with Crippen molar-refractivity contribution in [3.63, 3.8) is 0 Å². The molecule has 0 radical (unpaired) electrons. The molecule has 1 amide bonds. The molecular weight excluding hydrogens is 216 g/mol. The van der Waals surface area contributed by atoms with Gasteiger partial charge in [0.05, 0.1) is 10.8 Å². The van der Waals surface area contributed by atoms with Crippen LogP contribution in [-0.2, 0) is 4.74 Å². The Morgan fingerprint density at radius 1 is 1.67 bits per heavy atom. The van der Waals surface area contributed by atoms with Gasteiger partial charge in [-0.05, 0) is 20.3 Å². The summed E-state index contributed by atoms with van der Waals surface area (Å²) in [6.07, 6.45) is 0.586. The molecule has 1 fully saturated rings. The first kappa shape index (κ1) is 12.3. The van der Waals surface area contributed by atoms with Crippen LogP contribution in [0.4, 0.5) is 4.79 Å². The first-order chi connectivity index (χ1) is 7.03. The van der Waals surface area contributed by atoms with Crippen molar-refractivity contribution < 1.29 is 9.53 Å². The molecule has 5 nitrogen and oxygen atoms in total. The maximum atomic E-state index is 11.4. The van der Waals surface area contributed by atoms with Crippen LogP contribution in [0.25, 0.3) is 0 Å². The van der Waals surface area contributed by atoms with Crippen molar-refractivity contribution in [3.8, 4) is 0 Å². The number of hydrogen-bond donors (Lipinski definition) is 0. The second-order valence-electron chi connectivity index (χ2n) is 4.06. The van der Waals surface area contributed by atoms with Crippen molar-refractivity contribution in [2.75, 3.05) is 13.2 Å². The molecule has 0 aromatic carbocycles. The quantitative estimate of drug-likeness (QED) is 0.539. The molecule has 1 heterocycles. The van der Waals surface area contributed by atoms with Gasteiger partial charge in [-0.2, -0.15) is 0 Å². The summed E-state index contributed by atoms with van der Waals surface area (Å²) in [5.74, 6) is 0. The maximum Gasteiger partial charge on any atom is 0.410 e. The lowest BCUT2D eigenvalue weighted by Crippen LogP contribution is -2.46. The summed E-state index contributed by atoms with van der Waals surface area (Å²) in [6, 6.07) is -0.0763. The van der Waals surface area contributed by atoms with E-state index in [0.717, 1.165) is 18.4 Å². The highest BCUT2D eigenvalue weighted by atomic mass is 32.2. The predicted molar refractivity (Wildman–Crippen MR) is 59.6 cm³/mol. The highest BCUT2D eigenvalue weighted by Gasteiger charge is 2.43. The van der Waals surface area contributed by atoms with Gasteiger partial charge >= 0.3 is 6.09 Å². The fourth-order valence-electron chi connectivity index (χ4n) is 1.67. The van der Waals surface area contributed by atoms with Crippen molar-refractivity contribution in [1.82, 2.24) is 4.90 Å². The van der Waals surface area contributed by atoms with Gasteiger partial charge in [-0.15, -0.1) is 4.91 Å². The van der Waals surface area contributed by atoms with E-state index in [1.165, 1.54) is 0 Å². The monoisotopic (exact) mass is 232 g/mol. The Labute approximate surface area is 93.6 Å². The van der Waals surface area contributed by atoms with E-state index >= 15 is 0 Å². The molecule has 0 aromatic heterocycles. The van der Waals surface area contributed by atoms with Crippen LogP contribution >= 0.6 is 11.9 Å². The average Bonchev–Trinajstić information content (AvgIpc) is 2.49. The number of ether oxygens (including phenoxy) is 1. The molecule has 1 atom stereocenters. The van der Waals surface area contributed by atoms with E-state index in [-0.39, 0.29) is 12.1 Å². The van der Waals surface area contributed by atoms with Crippen molar-refractivity contribution in [2.24, 2.45) is 4.58 Å². The Kier molecular flexibility index (Phi) is 3.96. The van der Waals surface area contributed by atoms with Crippen LogP contribution < -0.4 is 0 Å². The SMILES string of the molecule is CCCN1C(=O)OCC1C(C)(C)SN=O. The maximum absolute atomic E-state index is 11.4. The van der Waals surface area contributed by atoms with E-state index in [1.807, 2.05) is 20.8 Å². The number of hydrogen-bond acceptors (Lipinski definition) is 5. The number of carbonyl (C=O) groups excluding carboxylic acids is 1. The minimum atomic E-state index is -0.400. The van der Waals surface area contributed by atoms with Gasteiger partial charge in [0.25, 0.3) is 0 Å². The molecule has 6 heteroatoms. The lowest BCUT2D eigenvalue weighted by atomic mass is 10.0. The fraction of sp³-hybridized carbons (Fsp3) is 0.889. The van der Waals surface area contributed by atoms with Crippen LogP contribution in [0.2, 0.25) is 0 Å². The van der Waals surface area contributed by atoms with Crippen LogP contribution in [0.5, 0.6) is 0 Å². The number of nitrogens with zero attached hydrogens (tertiary/aromatic N) is 2.